The van der Waals surface area contributed by atoms with E-state index in [4.69, 9.17) is 10.5 Å². The number of rotatable bonds is 4. The Labute approximate surface area is 337 Å². The molecule has 4 aliphatic heterocycles. The van der Waals surface area contributed by atoms with Crippen molar-refractivity contribution >= 4 is 35.3 Å². The van der Waals surface area contributed by atoms with Crippen molar-refractivity contribution in [1.82, 2.24) is 21.3 Å². The predicted molar refractivity (Wildman–Crippen MR) is 202 cm³/mol. The molecular weight excluding hydrogens is 795 g/mol. The summed E-state index contributed by atoms with van der Waals surface area (Å²) >= 11 is 0. The van der Waals surface area contributed by atoms with Crippen LogP contribution in [0.5, 0.6) is 0 Å². The number of alkyl halides is 6. The van der Waals surface area contributed by atoms with E-state index in [1.807, 2.05) is 12.1 Å². The van der Waals surface area contributed by atoms with Crippen molar-refractivity contribution in [2.75, 3.05) is 22.9 Å². The van der Waals surface area contributed by atoms with Crippen molar-refractivity contribution in [3.05, 3.63) is 153 Å². The number of carbonyl (C=O) groups is 4. The highest BCUT2D eigenvalue weighted by atomic mass is 19.4. The van der Waals surface area contributed by atoms with Crippen molar-refractivity contribution in [2.45, 2.75) is 37.3 Å². The Balaban J connectivity index is 0.000000181. The highest BCUT2D eigenvalue weighted by Gasteiger charge is 2.42. The van der Waals surface area contributed by atoms with Crippen LogP contribution in [0.25, 0.3) is 0 Å². The van der Waals surface area contributed by atoms with Crippen LogP contribution in [0.3, 0.4) is 0 Å². The van der Waals surface area contributed by atoms with E-state index in [1.54, 1.807) is 48.5 Å². The Kier molecular flexibility index (Phi) is 10.8. The summed E-state index contributed by atoms with van der Waals surface area (Å²) in [6, 6.07) is 22.9. The molecule has 0 fully saturated rings. The first kappa shape index (κ1) is 40.6. The number of urea groups is 2. The van der Waals surface area contributed by atoms with Crippen LogP contribution in [0, 0.1) is 22.7 Å². The summed E-state index contributed by atoms with van der Waals surface area (Å²) < 4.78 is 78.9. The third-order valence-electron chi connectivity index (χ3n) is 10.1. The van der Waals surface area contributed by atoms with Gasteiger partial charge in [0.1, 0.15) is 0 Å². The van der Waals surface area contributed by atoms with Crippen molar-refractivity contribution in [3.8, 4) is 12.1 Å². The van der Waals surface area contributed by atoms with E-state index in [9.17, 15) is 45.5 Å². The van der Waals surface area contributed by atoms with E-state index in [2.05, 4.69) is 21.3 Å². The Morgan fingerprint density at radius 1 is 0.550 bits per heavy atom. The number of benzene rings is 4. The molecule has 304 valence electrons. The summed E-state index contributed by atoms with van der Waals surface area (Å²) in [7, 11) is 0. The van der Waals surface area contributed by atoms with Crippen LogP contribution < -0.4 is 31.1 Å². The monoisotopic (exact) mass is 824 g/mol. The highest BCUT2D eigenvalue weighted by Crippen LogP contribution is 2.40. The maximum absolute atomic E-state index is 13.2. The van der Waals surface area contributed by atoms with Crippen LogP contribution in [0.1, 0.15) is 58.3 Å². The van der Waals surface area contributed by atoms with Gasteiger partial charge in [0.25, 0.3) is 11.8 Å². The normalized spacial score (nSPS) is 19.0. The second-order valence-electron chi connectivity index (χ2n) is 13.7. The van der Waals surface area contributed by atoms with Gasteiger partial charge in [-0.15, -0.1) is 0 Å². The molecule has 4 heterocycles. The second-order valence-corrected chi connectivity index (χ2v) is 13.7. The zero-order valence-corrected chi connectivity index (χ0v) is 30.9. The molecule has 4 aromatic rings. The molecule has 0 bridgehead atoms. The Hall–Kier alpha value is -7.60. The lowest BCUT2D eigenvalue weighted by Gasteiger charge is -2.39. The van der Waals surface area contributed by atoms with Crippen LogP contribution in [-0.2, 0) is 21.9 Å². The summed E-state index contributed by atoms with van der Waals surface area (Å²) in [5, 5.41) is 28.8. The van der Waals surface area contributed by atoms with Gasteiger partial charge in [-0.2, -0.15) is 36.9 Å². The van der Waals surface area contributed by atoms with E-state index in [0.717, 1.165) is 34.1 Å². The molecular formula is C42H30F6N8O4. The SMILES string of the molecule is N#Cc1ccc([C@@H]2NC(=O)N(c3cccc(C(F)(F)F)c3)C3=C2C(=O)NCC3)cc1.N#Cc1ccc([C@H]2NC(=O)N(c3cccc(C(F)(F)F)c3)C3=C2C(=O)NCC3)cc1. The quantitative estimate of drug-likeness (QED) is 0.158. The number of halogens is 6. The van der Waals surface area contributed by atoms with Gasteiger partial charge in [0.05, 0.1) is 69.0 Å². The van der Waals surface area contributed by atoms with Crippen LogP contribution in [-0.4, -0.2) is 37.0 Å². The average Bonchev–Trinajstić information content (AvgIpc) is 3.23. The smallest absolute Gasteiger partial charge is 0.352 e. The second kappa shape index (κ2) is 16.0. The summed E-state index contributed by atoms with van der Waals surface area (Å²) in [5.41, 5.74) is 1.58. The lowest BCUT2D eigenvalue weighted by molar-refractivity contribution is -0.138. The van der Waals surface area contributed by atoms with E-state index in [1.165, 1.54) is 24.3 Å². The van der Waals surface area contributed by atoms with Crippen LogP contribution in [0.2, 0.25) is 0 Å². The molecule has 12 nitrogen and oxygen atoms in total. The number of hydrogen-bond donors (Lipinski definition) is 4. The first-order chi connectivity index (χ1) is 28.6. The maximum Gasteiger partial charge on any atom is 0.416 e. The third kappa shape index (κ3) is 7.95. The number of carbonyl (C=O) groups excluding carboxylic acids is 4. The van der Waals surface area contributed by atoms with Crippen molar-refractivity contribution in [3.63, 3.8) is 0 Å². The predicted octanol–water partition coefficient (Wildman–Crippen LogP) is 7.24. The molecule has 0 aliphatic carbocycles. The summed E-state index contributed by atoms with van der Waals surface area (Å²) in [6.45, 7) is 0.529. The van der Waals surface area contributed by atoms with Gasteiger partial charge in [-0.3, -0.25) is 19.4 Å². The number of amides is 6. The summed E-state index contributed by atoms with van der Waals surface area (Å²) in [6.07, 6.45) is -8.54. The number of nitrogens with one attached hydrogen (secondary N) is 4. The van der Waals surface area contributed by atoms with E-state index >= 15 is 0 Å². The largest absolute Gasteiger partial charge is 0.416 e. The van der Waals surface area contributed by atoms with Crippen molar-refractivity contribution in [1.29, 1.82) is 10.5 Å². The molecule has 4 aliphatic rings. The van der Waals surface area contributed by atoms with Crippen LogP contribution in [0.15, 0.2) is 120 Å². The van der Waals surface area contributed by atoms with Gasteiger partial charge >= 0.3 is 24.4 Å². The number of anilines is 2. The van der Waals surface area contributed by atoms with Gasteiger partial charge in [-0.1, -0.05) is 36.4 Å². The number of nitrogens with zero attached hydrogens (tertiary/aromatic N) is 4. The zero-order chi connectivity index (χ0) is 42.9. The first-order valence-corrected chi connectivity index (χ1v) is 18.2. The highest BCUT2D eigenvalue weighted by molar-refractivity contribution is 6.07. The molecule has 0 saturated heterocycles. The number of hydrogen-bond acceptors (Lipinski definition) is 6. The molecule has 0 saturated carbocycles. The van der Waals surface area contributed by atoms with Crippen molar-refractivity contribution in [2.24, 2.45) is 0 Å². The molecule has 0 spiro atoms. The molecule has 0 unspecified atom stereocenters. The molecule has 0 aromatic heterocycles. The Morgan fingerprint density at radius 3 is 1.25 bits per heavy atom. The van der Waals surface area contributed by atoms with Crippen LogP contribution >= 0.6 is 0 Å². The lowest BCUT2D eigenvalue weighted by Crippen LogP contribution is -2.52. The van der Waals surface area contributed by atoms with E-state index < -0.39 is 59.4 Å². The average molecular weight is 825 g/mol. The van der Waals surface area contributed by atoms with Gasteiger partial charge in [0, 0.05) is 37.3 Å². The molecule has 4 N–H and O–H groups in total. The molecule has 2 atom stereocenters. The van der Waals surface area contributed by atoms with Crippen molar-refractivity contribution < 1.29 is 45.5 Å². The zero-order valence-electron chi connectivity index (χ0n) is 30.9. The molecule has 4 aromatic carbocycles. The standard InChI is InChI=1S/2C21H15F3N4O2/c2*22-21(23,24)14-2-1-3-15(10-14)28-16-8-9-26-19(29)17(16)18(27-20(28)30)13-6-4-12(11-25)5-7-13/h2*1-7,10,18H,8-9H2,(H,26,29)(H,27,30)/t2*18-/m10/s1. The number of nitriles is 2. The third-order valence-corrected chi connectivity index (χ3v) is 10.1. The first-order valence-electron chi connectivity index (χ1n) is 18.2. The van der Waals surface area contributed by atoms with Gasteiger partial charge in [0.15, 0.2) is 0 Å². The molecule has 8 rings (SSSR count). The molecule has 0 radical (unpaired) electrons. The Morgan fingerprint density at radius 2 is 0.917 bits per heavy atom. The Bertz CT molecular complexity index is 2380. The minimum Gasteiger partial charge on any atom is -0.352 e. The topological polar surface area (TPSA) is 170 Å². The molecule has 6 amide bonds. The fourth-order valence-electron chi connectivity index (χ4n) is 7.33. The van der Waals surface area contributed by atoms with E-state index in [0.29, 0.717) is 33.6 Å². The maximum atomic E-state index is 13.2. The molecule has 60 heavy (non-hydrogen) atoms. The summed E-state index contributed by atoms with van der Waals surface area (Å²) in [5.74, 6) is -0.801. The fraction of sp³-hybridized carbons (Fsp3) is 0.190. The van der Waals surface area contributed by atoms with E-state index in [-0.39, 0.29) is 48.5 Å². The van der Waals surface area contributed by atoms with Crippen LogP contribution in [0.4, 0.5) is 47.3 Å². The molecule has 18 heteroatoms. The summed E-state index contributed by atoms with van der Waals surface area (Å²) in [4.78, 5) is 53.5. The van der Waals surface area contributed by atoms with Gasteiger partial charge in [0.2, 0.25) is 0 Å². The van der Waals surface area contributed by atoms with Gasteiger partial charge < -0.3 is 21.3 Å². The lowest BCUT2D eigenvalue weighted by atomic mass is 9.90. The fourth-order valence-corrected chi connectivity index (χ4v) is 7.33. The van der Waals surface area contributed by atoms with Gasteiger partial charge in [-0.05, 0) is 71.8 Å². The van der Waals surface area contributed by atoms with Gasteiger partial charge in [-0.25, -0.2) is 9.59 Å². The minimum atomic E-state index is -4.56. The minimum absolute atomic E-state index is 0.0304.